The van der Waals surface area contributed by atoms with Gasteiger partial charge >= 0.3 is 0 Å². The standard InChI is InChI=1S/C16H11Cl3N2S3/c17-11-6-4-10(5-7-11)8-22-15-20-21-16(24-15)23-9-12-13(18)2-1-3-14(12)19/h1-7H,8-9H2. The fourth-order valence-corrected chi connectivity index (χ4v) is 5.69. The van der Waals surface area contributed by atoms with Crippen molar-refractivity contribution >= 4 is 69.7 Å². The van der Waals surface area contributed by atoms with Crippen LogP contribution in [-0.2, 0) is 11.5 Å². The molecule has 0 N–H and O–H groups in total. The highest BCUT2D eigenvalue weighted by atomic mass is 35.5. The Kier molecular flexibility index (Phi) is 6.72. The number of rotatable bonds is 6. The molecule has 0 atom stereocenters. The van der Waals surface area contributed by atoms with Crippen molar-refractivity contribution in [1.29, 1.82) is 0 Å². The molecule has 0 spiro atoms. The molecule has 0 unspecified atom stereocenters. The first-order chi connectivity index (χ1) is 11.6. The Balaban J connectivity index is 1.56. The zero-order valence-corrected chi connectivity index (χ0v) is 16.9. The van der Waals surface area contributed by atoms with E-state index >= 15 is 0 Å². The summed E-state index contributed by atoms with van der Waals surface area (Å²) >= 11 is 23.1. The van der Waals surface area contributed by atoms with Gasteiger partial charge in [0.15, 0.2) is 8.68 Å². The maximum absolute atomic E-state index is 6.19. The lowest BCUT2D eigenvalue weighted by Crippen LogP contribution is -1.84. The number of hydrogen-bond acceptors (Lipinski definition) is 5. The molecule has 0 aliphatic carbocycles. The molecule has 1 aromatic heterocycles. The summed E-state index contributed by atoms with van der Waals surface area (Å²) in [5.74, 6) is 1.52. The molecule has 0 bridgehead atoms. The zero-order valence-electron chi connectivity index (χ0n) is 12.2. The molecule has 0 aliphatic rings. The first-order valence-electron chi connectivity index (χ1n) is 6.88. The van der Waals surface area contributed by atoms with Gasteiger partial charge in [-0.05, 0) is 35.4 Å². The van der Waals surface area contributed by atoms with Gasteiger partial charge in [-0.1, -0.05) is 87.9 Å². The van der Waals surface area contributed by atoms with Gasteiger partial charge in [0.05, 0.1) is 0 Å². The molecule has 1 heterocycles. The van der Waals surface area contributed by atoms with Crippen LogP contribution in [0.2, 0.25) is 15.1 Å². The molecular formula is C16H11Cl3N2S3. The van der Waals surface area contributed by atoms with Gasteiger partial charge in [0.2, 0.25) is 0 Å². The normalized spacial score (nSPS) is 11.0. The third-order valence-corrected chi connectivity index (χ3v) is 7.31. The SMILES string of the molecule is Clc1ccc(CSc2nnc(SCc3c(Cl)cccc3Cl)s2)cc1. The van der Waals surface area contributed by atoms with Crippen LogP contribution in [0.1, 0.15) is 11.1 Å². The molecule has 8 heteroatoms. The van der Waals surface area contributed by atoms with Gasteiger partial charge in [-0.15, -0.1) is 10.2 Å². The minimum absolute atomic E-state index is 0.676. The van der Waals surface area contributed by atoms with Gasteiger partial charge in [-0.25, -0.2) is 0 Å². The molecule has 2 aromatic carbocycles. The van der Waals surface area contributed by atoms with Crippen LogP contribution in [0.25, 0.3) is 0 Å². The highest BCUT2D eigenvalue weighted by Gasteiger charge is 2.10. The van der Waals surface area contributed by atoms with Crippen molar-refractivity contribution < 1.29 is 0 Å². The molecule has 0 fully saturated rings. The smallest absolute Gasteiger partial charge is 0.131 e. The number of hydrogen-bond donors (Lipinski definition) is 0. The summed E-state index contributed by atoms with van der Waals surface area (Å²) in [5.41, 5.74) is 2.13. The fourth-order valence-electron chi connectivity index (χ4n) is 1.84. The lowest BCUT2D eigenvalue weighted by Gasteiger charge is -2.04. The monoisotopic (exact) mass is 432 g/mol. The number of benzene rings is 2. The average molecular weight is 434 g/mol. The van der Waals surface area contributed by atoms with Crippen molar-refractivity contribution in [2.24, 2.45) is 0 Å². The van der Waals surface area contributed by atoms with Crippen molar-refractivity contribution in [3.63, 3.8) is 0 Å². The largest absolute Gasteiger partial charge is 0.175 e. The molecule has 0 aliphatic heterocycles. The summed E-state index contributed by atoms with van der Waals surface area (Å²) in [6.07, 6.45) is 0. The second kappa shape index (κ2) is 8.79. The van der Waals surface area contributed by atoms with E-state index in [0.29, 0.717) is 15.8 Å². The van der Waals surface area contributed by atoms with Crippen LogP contribution in [0.5, 0.6) is 0 Å². The van der Waals surface area contributed by atoms with Crippen LogP contribution >= 0.6 is 69.7 Å². The van der Waals surface area contributed by atoms with Gasteiger partial charge < -0.3 is 0 Å². The lowest BCUT2D eigenvalue weighted by atomic mass is 10.2. The van der Waals surface area contributed by atoms with E-state index in [-0.39, 0.29) is 0 Å². The number of aromatic nitrogens is 2. The van der Waals surface area contributed by atoms with E-state index in [9.17, 15) is 0 Å². The van der Waals surface area contributed by atoms with Crippen LogP contribution in [0.15, 0.2) is 51.1 Å². The third-order valence-electron chi connectivity index (χ3n) is 3.07. The molecule has 2 nitrogen and oxygen atoms in total. The Bertz CT molecular complexity index is 801. The van der Waals surface area contributed by atoms with Crippen molar-refractivity contribution in [2.75, 3.05) is 0 Å². The molecule has 24 heavy (non-hydrogen) atoms. The number of halogens is 3. The molecule has 0 saturated heterocycles. The molecule has 3 rings (SSSR count). The Morgan fingerprint density at radius 1 is 0.792 bits per heavy atom. The van der Waals surface area contributed by atoms with E-state index in [1.54, 1.807) is 34.9 Å². The Labute approximate surface area is 167 Å². The second-order valence-electron chi connectivity index (χ2n) is 4.74. The fraction of sp³-hybridized carbons (Fsp3) is 0.125. The van der Waals surface area contributed by atoms with E-state index < -0.39 is 0 Å². The van der Waals surface area contributed by atoms with Crippen molar-refractivity contribution in [2.45, 2.75) is 20.2 Å². The summed E-state index contributed by atoms with van der Waals surface area (Å²) < 4.78 is 1.85. The van der Waals surface area contributed by atoms with Crippen molar-refractivity contribution in [3.05, 3.63) is 68.7 Å². The predicted molar refractivity (Wildman–Crippen MR) is 107 cm³/mol. The molecular weight excluding hydrogens is 423 g/mol. The summed E-state index contributed by atoms with van der Waals surface area (Å²) in [6, 6.07) is 13.4. The van der Waals surface area contributed by atoms with Gasteiger partial charge in [0.25, 0.3) is 0 Å². The zero-order chi connectivity index (χ0) is 16.9. The van der Waals surface area contributed by atoms with Crippen LogP contribution in [0.4, 0.5) is 0 Å². The highest BCUT2D eigenvalue weighted by molar-refractivity contribution is 8.02. The molecule has 0 radical (unpaired) electrons. The van der Waals surface area contributed by atoms with Crippen molar-refractivity contribution in [3.8, 4) is 0 Å². The van der Waals surface area contributed by atoms with Gasteiger partial charge in [0, 0.05) is 26.6 Å². The quantitative estimate of drug-likeness (QED) is 0.388. The van der Waals surface area contributed by atoms with E-state index in [1.807, 2.05) is 42.5 Å². The highest BCUT2D eigenvalue weighted by Crippen LogP contribution is 2.35. The number of thioether (sulfide) groups is 2. The summed E-state index contributed by atoms with van der Waals surface area (Å²) in [5, 5.41) is 10.5. The van der Waals surface area contributed by atoms with Crippen LogP contribution < -0.4 is 0 Å². The minimum atomic E-state index is 0.676. The van der Waals surface area contributed by atoms with E-state index in [1.165, 1.54) is 5.56 Å². The van der Waals surface area contributed by atoms with Gasteiger partial charge in [0.1, 0.15) is 0 Å². The summed E-state index contributed by atoms with van der Waals surface area (Å²) in [4.78, 5) is 0. The molecule has 3 aromatic rings. The van der Waals surface area contributed by atoms with Crippen LogP contribution in [0.3, 0.4) is 0 Å². The Morgan fingerprint density at radius 3 is 2.00 bits per heavy atom. The van der Waals surface area contributed by atoms with Gasteiger partial charge in [-0.3, -0.25) is 0 Å². The molecule has 124 valence electrons. The topological polar surface area (TPSA) is 25.8 Å². The van der Waals surface area contributed by atoms with E-state index in [2.05, 4.69) is 10.2 Å². The summed E-state index contributed by atoms with van der Waals surface area (Å²) in [7, 11) is 0. The van der Waals surface area contributed by atoms with Crippen LogP contribution in [-0.4, -0.2) is 10.2 Å². The predicted octanol–water partition coefficient (Wildman–Crippen LogP) is 7.08. The Hall–Kier alpha value is -0.430. The van der Waals surface area contributed by atoms with Crippen molar-refractivity contribution in [1.82, 2.24) is 10.2 Å². The minimum Gasteiger partial charge on any atom is -0.131 e. The average Bonchev–Trinajstić information content (AvgIpc) is 3.02. The third kappa shape index (κ3) is 5.04. The number of nitrogens with zero attached hydrogens (tertiary/aromatic N) is 2. The summed E-state index contributed by atoms with van der Waals surface area (Å²) in [6.45, 7) is 0. The maximum Gasteiger partial charge on any atom is 0.175 e. The molecule has 0 saturated carbocycles. The Morgan fingerprint density at radius 2 is 1.38 bits per heavy atom. The second-order valence-corrected chi connectivity index (χ2v) is 9.41. The van der Waals surface area contributed by atoms with E-state index in [0.717, 1.165) is 25.0 Å². The van der Waals surface area contributed by atoms with Crippen LogP contribution in [0, 0.1) is 0 Å². The first kappa shape index (κ1) is 18.4. The lowest BCUT2D eigenvalue weighted by molar-refractivity contribution is 0.954. The van der Waals surface area contributed by atoms with Gasteiger partial charge in [-0.2, -0.15) is 0 Å². The maximum atomic E-state index is 6.19. The van der Waals surface area contributed by atoms with E-state index in [4.69, 9.17) is 34.8 Å². The molecule has 0 amide bonds. The first-order valence-corrected chi connectivity index (χ1v) is 10.8.